The quantitative estimate of drug-likeness (QED) is 0.355. The Morgan fingerprint density at radius 3 is 2.35 bits per heavy atom. The van der Waals surface area contributed by atoms with Gasteiger partial charge in [0, 0.05) is 10.4 Å². The minimum Gasteiger partial charge on any atom is -0.493 e. The van der Waals surface area contributed by atoms with Crippen LogP contribution >= 0.6 is 11.6 Å². The highest BCUT2D eigenvalue weighted by molar-refractivity contribution is 6.30. The van der Waals surface area contributed by atoms with E-state index in [-0.39, 0.29) is 11.4 Å². The van der Waals surface area contributed by atoms with E-state index in [1.165, 1.54) is 19.3 Å². The molecule has 1 heterocycles. The molecule has 0 unspecified atom stereocenters. The fraction of sp³-hybridized carbons (Fsp3) is 0.429. The number of aliphatic imine (C=N–C) groups is 1. The highest BCUT2D eigenvalue weighted by Gasteiger charge is 2.55. The van der Waals surface area contributed by atoms with Crippen LogP contribution in [-0.2, 0) is 16.1 Å². The van der Waals surface area contributed by atoms with Crippen molar-refractivity contribution in [3.05, 3.63) is 64.3 Å². The Morgan fingerprint density at radius 2 is 1.71 bits per heavy atom. The molecule has 4 bridgehead atoms. The van der Waals surface area contributed by atoms with Crippen molar-refractivity contribution < 1.29 is 19.0 Å². The van der Waals surface area contributed by atoms with Gasteiger partial charge >= 0.3 is 5.97 Å². The van der Waals surface area contributed by atoms with Crippen LogP contribution in [0.3, 0.4) is 0 Å². The summed E-state index contributed by atoms with van der Waals surface area (Å²) in [6.45, 7) is 0.402. The summed E-state index contributed by atoms with van der Waals surface area (Å²) in [5.41, 5.74) is 2.16. The van der Waals surface area contributed by atoms with Crippen molar-refractivity contribution in [1.29, 1.82) is 0 Å². The van der Waals surface area contributed by atoms with Gasteiger partial charge in [0.05, 0.1) is 7.11 Å². The smallest absolute Gasteiger partial charge is 0.363 e. The number of benzene rings is 2. The number of cyclic esters (lactones) is 1. The standard InChI is InChI=1S/C28H28ClNO4/c1-32-25-12-18(4-7-24(25)33-16-17-2-5-22(29)6-3-17)11-23-26(31)34-27(30-23)28-13-19-8-20(14-28)10-21(9-19)15-28/h2-7,11-12,19-21H,8-10,13-16H2,1H3. The van der Waals surface area contributed by atoms with Gasteiger partial charge in [-0.05, 0) is 97.7 Å². The van der Waals surface area contributed by atoms with Gasteiger partial charge in [0.25, 0.3) is 0 Å². The maximum atomic E-state index is 12.7. The molecular formula is C28H28ClNO4. The molecular weight excluding hydrogens is 450 g/mol. The molecule has 34 heavy (non-hydrogen) atoms. The zero-order valence-electron chi connectivity index (χ0n) is 19.3. The molecule has 4 saturated carbocycles. The summed E-state index contributed by atoms with van der Waals surface area (Å²) in [6.07, 6.45) is 9.16. The summed E-state index contributed by atoms with van der Waals surface area (Å²) in [5, 5.41) is 0.693. The molecule has 1 aliphatic heterocycles. The van der Waals surface area contributed by atoms with Gasteiger partial charge in [0.1, 0.15) is 6.61 Å². The lowest BCUT2D eigenvalue weighted by Crippen LogP contribution is -2.50. The summed E-state index contributed by atoms with van der Waals surface area (Å²) in [4.78, 5) is 17.5. The van der Waals surface area contributed by atoms with Crippen molar-refractivity contribution >= 4 is 29.5 Å². The van der Waals surface area contributed by atoms with Crippen LogP contribution in [-0.4, -0.2) is 19.0 Å². The average molecular weight is 478 g/mol. The Morgan fingerprint density at radius 1 is 1.03 bits per heavy atom. The van der Waals surface area contributed by atoms with Crippen LogP contribution in [0, 0.1) is 23.2 Å². The van der Waals surface area contributed by atoms with Crippen molar-refractivity contribution in [2.24, 2.45) is 28.2 Å². The Balaban J connectivity index is 1.21. The third-order valence-corrected chi connectivity index (χ3v) is 8.16. The number of carbonyl (C=O) groups excluding carboxylic acids is 1. The Bertz CT molecular complexity index is 1150. The number of hydrogen-bond acceptors (Lipinski definition) is 5. The van der Waals surface area contributed by atoms with Crippen LogP contribution in [0.4, 0.5) is 0 Å². The molecule has 5 aliphatic rings. The van der Waals surface area contributed by atoms with Crippen LogP contribution in [0.1, 0.15) is 49.7 Å². The molecule has 2 aromatic carbocycles. The van der Waals surface area contributed by atoms with Gasteiger partial charge in [-0.1, -0.05) is 29.8 Å². The summed E-state index contributed by atoms with van der Waals surface area (Å²) in [5.74, 6) is 3.85. The number of esters is 1. The molecule has 4 aliphatic carbocycles. The van der Waals surface area contributed by atoms with E-state index >= 15 is 0 Å². The van der Waals surface area contributed by atoms with Crippen molar-refractivity contribution in [3.63, 3.8) is 0 Å². The first-order valence-corrected chi connectivity index (χ1v) is 12.5. The van der Waals surface area contributed by atoms with Crippen LogP contribution in [0.15, 0.2) is 53.2 Å². The number of hydrogen-bond donors (Lipinski definition) is 0. The van der Waals surface area contributed by atoms with Gasteiger partial charge < -0.3 is 14.2 Å². The predicted octanol–water partition coefficient (Wildman–Crippen LogP) is 6.44. The molecule has 0 radical (unpaired) electrons. The van der Waals surface area contributed by atoms with Crippen LogP contribution in [0.5, 0.6) is 11.5 Å². The molecule has 0 atom stereocenters. The van der Waals surface area contributed by atoms with E-state index < -0.39 is 0 Å². The Kier molecular flexibility index (Phi) is 5.40. The van der Waals surface area contributed by atoms with Gasteiger partial charge in [-0.15, -0.1) is 0 Å². The monoisotopic (exact) mass is 477 g/mol. The lowest BCUT2D eigenvalue weighted by molar-refractivity contribution is -0.131. The van der Waals surface area contributed by atoms with Crippen molar-refractivity contribution in [2.75, 3.05) is 7.11 Å². The Labute approximate surface area is 204 Å². The molecule has 4 fully saturated rings. The van der Waals surface area contributed by atoms with E-state index in [2.05, 4.69) is 0 Å². The van der Waals surface area contributed by atoms with Gasteiger partial charge in [-0.2, -0.15) is 0 Å². The molecule has 7 rings (SSSR count). The first kappa shape index (κ1) is 21.7. The molecule has 0 aromatic heterocycles. The lowest BCUT2D eigenvalue weighted by atomic mass is 9.49. The van der Waals surface area contributed by atoms with Gasteiger partial charge in [0.15, 0.2) is 17.2 Å². The molecule has 2 aromatic rings. The zero-order chi connectivity index (χ0) is 23.3. The third kappa shape index (κ3) is 4.00. The fourth-order valence-electron chi connectivity index (χ4n) is 6.80. The second-order valence-electron chi connectivity index (χ2n) is 10.4. The second-order valence-corrected chi connectivity index (χ2v) is 10.8. The zero-order valence-corrected chi connectivity index (χ0v) is 20.0. The summed E-state index contributed by atoms with van der Waals surface area (Å²) in [7, 11) is 1.61. The normalized spacial score (nSPS) is 30.4. The fourth-order valence-corrected chi connectivity index (χ4v) is 6.93. The number of methoxy groups -OCH3 is 1. The largest absolute Gasteiger partial charge is 0.493 e. The molecule has 0 N–H and O–H groups in total. The molecule has 6 heteroatoms. The summed E-state index contributed by atoms with van der Waals surface area (Å²) >= 11 is 5.95. The van der Waals surface area contributed by atoms with E-state index in [4.69, 9.17) is 30.8 Å². The molecule has 5 nitrogen and oxygen atoms in total. The van der Waals surface area contributed by atoms with Gasteiger partial charge in [-0.3, -0.25) is 0 Å². The summed E-state index contributed by atoms with van der Waals surface area (Å²) < 4.78 is 17.3. The van der Waals surface area contributed by atoms with E-state index in [0.717, 1.165) is 48.1 Å². The molecule has 0 saturated heterocycles. The third-order valence-electron chi connectivity index (χ3n) is 7.91. The predicted molar refractivity (Wildman–Crippen MR) is 131 cm³/mol. The minimum atomic E-state index is -0.354. The topological polar surface area (TPSA) is 57.1 Å². The highest BCUT2D eigenvalue weighted by atomic mass is 35.5. The maximum absolute atomic E-state index is 12.7. The first-order chi connectivity index (χ1) is 16.5. The van der Waals surface area contributed by atoms with Crippen molar-refractivity contribution in [1.82, 2.24) is 0 Å². The lowest BCUT2D eigenvalue weighted by Gasteiger charge is -2.55. The first-order valence-electron chi connectivity index (χ1n) is 12.1. The van der Waals surface area contributed by atoms with Gasteiger partial charge in [0.2, 0.25) is 5.90 Å². The number of halogens is 1. The SMILES string of the molecule is COc1cc(C=C2N=C(C34CC5CC(CC(C5)C3)C4)OC2=O)ccc1OCc1ccc(Cl)cc1. The van der Waals surface area contributed by atoms with Crippen molar-refractivity contribution in [3.8, 4) is 11.5 Å². The molecule has 0 amide bonds. The average Bonchev–Trinajstić information content (AvgIpc) is 3.19. The van der Waals surface area contributed by atoms with Crippen LogP contribution in [0.2, 0.25) is 5.02 Å². The number of ether oxygens (including phenoxy) is 3. The minimum absolute atomic E-state index is 0.0307. The summed E-state index contributed by atoms with van der Waals surface area (Å²) in [6, 6.07) is 13.1. The number of rotatable bonds is 6. The highest BCUT2D eigenvalue weighted by Crippen LogP contribution is 2.61. The van der Waals surface area contributed by atoms with Crippen LogP contribution in [0.25, 0.3) is 6.08 Å². The van der Waals surface area contributed by atoms with E-state index in [0.29, 0.717) is 34.7 Å². The molecule has 0 spiro atoms. The van der Waals surface area contributed by atoms with Gasteiger partial charge in [-0.25, -0.2) is 9.79 Å². The second kappa shape index (κ2) is 8.46. The number of nitrogens with zero attached hydrogens (tertiary/aromatic N) is 1. The van der Waals surface area contributed by atoms with E-state index in [9.17, 15) is 4.79 Å². The van der Waals surface area contributed by atoms with E-state index in [1.807, 2.05) is 42.5 Å². The number of carbonyl (C=O) groups is 1. The van der Waals surface area contributed by atoms with E-state index in [1.54, 1.807) is 13.2 Å². The molecule has 176 valence electrons. The Hall–Kier alpha value is -2.79. The van der Waals surface area contributed by atoms with Crippen LogP contribution < -0.4 is 9.47 Å². The maximum Gasteiger partial charge on any atom is 0.363 e. The van der Waals surface area contributed by atoms with Crippen molar-refractivity contribution in [2.45, 2.75) is 45.1 Å².